The number of carbonyl (C=O) groups excluding carboxylic acids is 1. The summed E-state index contributed by atoms with van der Waals surface area (Å²) in [4.78, 5) is 12.0. The first-order valence-electron chi connectivity index (χ1n) is 6.73. The largest absolute Gasteiger partial charge is 0.324 e. The van der Waals surface area contributed by atoms with Crippen LogP contribution in [0.1, 0.15) is 12.5 Å². The molecule has 0 aliphatic rings. The quantitative estimate of drug-likeness (QED) is 0.542. The van der Waals surface area contributed by atoms with E-state index in [2.05, 4.69) is 22.1 Å². The lowest BCUT2D eigenvalue weighted by atomic mass is 10.2. The van der Waals surface area contributed by atoms with Gasteiger partial charge in [-0.25, -0.2) is 0 Å². The van der Waals surface area contributed by atoms with E-state index in [-0.39, 0.29) is 11.7 Å². The smallest absolute Gasteiger partial charge is 0.234 e. The van der Waals surface area contributed by atoms with E-state index in [9.17, 15) is 4.79 Å². The minimum Gasteiger partial charge on any atom is -0.324 e. The van der Waals surface area contributed by atoms with Gasteiger partial charge in [0.15, 0.2) is 8.68 Å². The number of nitrogens with zero attached hydrogens (tertiary/aromatic N) is 2. The van der Waals surface area contributed by atoms with E-state index in [1.165, 1.54) is 23.1 Å². The molecule has 0 radical (unpaired) electrons. The summed E-state index contributed by atoms with van der Waals surface area (Å²) in [5.41, 5.74) is 2.77. The van der Waals surface area contributed by atoms with Crippen LogP contribution in [0, 0.1) is 6.92 Å². The fourth-order valence-electron chi connectivity index (χ4n) is 1.53. The summed E-state index contributed by atoms with van der Waals surface area (Å²) in [5.74, 6) is 0.975. The summed E-state index contributed by atoms with van der Waals surface area (Å²) in [5, 5.41) is 11.5. The number of aryl methyl sites for hydroxylation is 1. The molecule has 0 atom stereocenters. The molecule has 4 nitrogen and oxygen atoms in total. The second-order valence-electron chi connectivity index (χ2n) is 4.90. The summed E-state index contributed by atoms with van der Waals surface area (Å²) < 4.78 is 1.66. The molecule has 1 heterocycles. The van der Waals surface area contributed by atoms with Gasteiger partial charge in [-0.05, 0) is 31.5 Å². The van der Waals surface area contributed by atoms with Gasteiger partial charge in [0, 0.05) is 5.75 Å². The number of anilines is 1. The molecule has 0 unspecified atom stereocenters. The molecule has 8 heteroatoms. The first-order chi connectivity index (χ1) is 10.9. The monoisotopic (exact) mass is 385 g/mol. The number of rotatable bonds is 7. The van der Waals surface area contributed by atoms with Crippen molar-refractivity contribution in [2.24, 2.45) is 0 Å². The first kappa shape index (κ1) is 18.3. The highest BCUT2D eigenvalue weighted by Gasteiger charge is 2.10. The van der Waals surface area contributed by atoms with E-state index in [4.69, 9.17) is 11.6 Å². The molecular formula is C15H16ClN3OS3. The number of carbonyl (C=O) groups is 1. The number of benzene rings is 1. The molecule has 0 spiro atoms. The maximum Gasteiger partial charge on any atom is 0.234 e. The first-order valence-corrected chi connectivity index (χ1v) is 9.90. The number of thioether (sulfide) groups is 2. The zero-order chi connectivity index (χ0) is 16.8. The van der Waals surface area contributed by atoms with Crippen LogP contribution in [0.3, 0.4) is 0 Å². The van der Waals surface area contributed by atoms with Crippen molar-refractivity contribution in [3.05, 3.63) is 40.9 Å². The Bertz CT molecular complexity index is 718. The maximum atomic E-state index is 12.0. The van der Waals surface area contributed by atoms with E-state index in [0.717, 1.165) is 25.6 Å². The molecule has 2 aromatic rings. The van der Waals surface area contributed by atoms with Crippen molar-refractivity contribution in [2.75, 3.05) is 16.8 Å². The number of nitrogens with one attached hydrogen (secondary N) is 1. The predicted molar refractivity (Wildman–Crippen MR) is 101 cm³/mol. The third-order valence-electron chi connectivity index (χ3n) is 2.56. The van der Waals surface area contributed by atoms with Gasteiger partial charge in [0.25, 0.3) is 0 Å². The van der Waals surface area contributed by atoms with Crippen molar-refractivity contribution in [2.45, 2.75) is 22.5 Å². The summed E-state index contributed by atoms with van der Waals surface area (Å²) in [6, 6.07) is 5.53. The van der Waals surface area contributed by atoms with Crippen LogP contribution >= 0.6 is 46.5 Å². The van der Waals surface area contributed by atoms with Crippen molar-refractivity contribution in [1.82, 2.24) is 10.2 Å². The van der Waals surface area contributed by atoms with E-state index in [0.29, 0.717) is 10.7 Å². The lowest BCUT2D eigenvalue weighted by molar-refractivity contribution is -0.113. The molecule has 0 saturated heterocycles. The topological polar surface area (TPSA) is 54.9 Å². The Morgan fingerprint density at radius 3 is 2.57 bits per heavy atom. The van der Waals surface area contributed by atoms with Crippen LogP contribution in [0.2, 0.25) is 5.02 Å². The SMILES string of the molecule is C=C(C)CSc1nnc(SCC(=O)Nc2ccc(C)cc2Cl)s1. The van der Waals surface area contributed by atoms with Crippen LogP contribution in [0.5, 0.6) is 0 Å². The Labute approximate surface area is 153 Å². The van der Waals surface area contributed by atoms with Crippen molar-refractivity contribution in [1.29, 1.82) is 0 Å². The molecule has 1 aromatic heterocycles. The zero-order valence-corrected chi connectivity index (χ0v) is 16.0. The Balaban J connectivity index is 1.83. The van der Waals surface area contributed by atoms with Crippen LogP contribution in [-0.4, -0.2) is 27.6 Å². The predicted octanol–water partition coefficient (Wildman–Crippen LogP) is 4.90. The van der Waals surface area contributed by atoms with Gasteiger partial charge in [-0.1, -0.05) is 64.7 Å². The van der Waals surface area contributed by atoms with Crippen LogP contribution < -0.4 is 5.32 Å². The molecule has 122 valence electrons. The van der Waals surface area contributed by atoms with Gasteiger partial charge in [-0.3, -0.25) is 4.79 Å². The van der Waals surface area contributed by atoms with Gasteiger partial charge < -0.3 is 5.32 Å². The summed E-state index contributed by atoms with van der Waals surface area (Å²) in [7, 11) is 0. The van der Waals surface area contributed by atoms with Gasteiger partial charge in [0.1, 0.15) is 0 Å². The summed E-state index contributed by atoms with van der Waals surface area (Å²) >= 11 is 10.6. The average molecular weight is 386 g/mol. The molecule has 0 bridgehead atoms. The molecule has 0 aliphatic heterocycles. The Morgan fingerprint density at radius 2 is 1.96 bits per heavy atom. The average Bonchev–Trinajstić information content (AvgIpc) is 2.94. The fraction of sp³-hybridized carbons (Fsp3) is 0.267. The highest BCUT2D eigenvalue weighted by Crippen LogP contribution is 2.30. The number of halogens is 1. The molecule has 23 heavy (non-hydrogen) atoms. The Hall–Kier alpha value is -1.02. The van der Waals surface area contributed by atoms with E-state index in [1.54, 1.807) is 17.8 Å². The van der Waals surface area contributed by atoms with Crippen molar-refractivity contribution < 1.29 is 4.79 Å². The molecule has 0 saturated carbocycles. The van der Waals surface area contributed by atoms with Crippen molar-refractivity contribution >= 4 is 58.1 Å². The second kappa shape index (κ2) is 8.73. The Morgan fingerprint density at radius 1 is 1.30 bits per heavy atom. The van der Waals surface area contributed by atoms with E-state index in [1.807, 2.05) is 26.0 Å². The van der Waals surface area contributed by atoms with Crippen LogP contribution in [0.25, 0.3) is 0 Å². The van der Waals surface area contributed by atoms with Crippen LogP contribution in [-0.2, 0) is 4.79 Å². The van der Waals surface area contributed by atoms with Crippen LogP contribution in [0.4, 0.5) is 5.69 Å². The number of hydrogen-bond donors (Lipinski definition) is 1. The van der Waals surface area contributed by atoms with E-state index < -0.39 is 0 Å². The molecule has 0 aliphatic carbocycles. The third kappa shape index (κ3) is 6.18. The summed E-state index contributed by atoms with van der Waals surface area (Å²) in [6.07, 6.45) is 0. The zero-order valence-electron chi connectivity index (χ0n) is 12.8. The number of amides is 1. The minimum absolute atomic E-state index is 0.118. The highest BCUT2D eigenvalue weighted by molar-refractivity contribution is 8.03. The van der Waals surface area contributed by atoms with Gasteiger partial charge in [0.05, 0.1) is 16.5 Å². The highest BCUT2D eigenvalue weighted by atomic mass is 35.5. The molecule has 1 N–H and O–H groups in total. The minimum atomic E-state index is -0.118. The van der Waals surface area contributed by atoms with Crippen molar-refractivity contribution in [3.8, 4) is 0 Å². The second-order valence-corrected chi connectivity index (χ2v) is 8.73. The standard InChI is InChI=1S/C15H16ClN3OS3/c1-9(2)7-21-14-18-19-15(23-14)22-8-13(20)17-12-5-4-10(3)6-11(12)16/h4-6H,1,7-8H2,2-3H3,(H,17,20). The molecule has 2 rings (SSSR count). The number of aromatic nitrogens is 2. The molecular weight excluding hydrogens is 370 g/mol. The lowest BCUT2D eigenvalue weighted by Crippen LogP contribution is -2.14. The van der Waals surface area contributed by atoms with Gasteiger partial charge in [-0.15, -0.1) is 10.2 Å². The van der Waals surface area contributed by atoms with Gasteiger partial charge >= 0.3 is 0 Å². The third-order valence-corrected chi connectivity index (χ3v) is 6.29. The number of hydrogen-bond acceptors (Lipinski definition) is 6. The summed E-state index contributed by atoms with van der Waals surface area (Å²) in [6.45, 7) is 7.78. The molecule has 0 fully saturated rings. The Kier molecular flexibility index (Phi) is 6.95. The molecule has 1 aromatic carbocycles. The fourth-order valence-corrected chi connectivity index (χ4v) is 4.48. The lowest BCUT2D eigenvalue weighted by Gasteiger charge is -2.07. The van der Waals surface area contributed by atoms with Crippen LogP contribution in [0.15, 0.2) is 39.0 Å². The maximum absolute atomic E-state index is 12.0. The van der Waals surface area contributed by atoms with Crippen molar-refractivity contribution in [3.63, 3.8) is 0 Å². The van der Waals surface area contributed by atoms with E-state index >= 15 is 0 Å². The van der Waals surface area contributed by atoms with Gasteiger partial charge in [-0.2, -0.15) is 0 Å². The normalized spacial score (nSPS) is 10.6. The van der Waals surface area contributed by atoms with Gasteiger partial charge in [0.2, 0.25) is 5.91 Å². The molecule has 1 amide bonds.